The summed E-state index contributed by atoms with van der Waals surface area (Å²) in [4.78, 5) is 44.6. The Morgan fingerprint density at radius 1 is 0.863 bits per heavy atom. The number of nitrogens with two attached hydrogens (primary N) is 1. The predicted octanol–water partition coefficient (Wildman–Crippen LogP) is 6.39. The number of carbonyl (C=O) groups is 2. The van der Waals surface area contributed by atoms with Crippen LogP contribution in [0.1, 0.15) is 64.5 Å². The molecule has 3 atom stereocenters. The van der Waals surface area contributed by atoms with Gasteiger partial charge in [0.25, 0.3) is 0 Å². The van der Waals surface area contributed by atoms with Crippen molar-refractivity contribution in [2.24, 2.45) is 17.1 Å². The topological polar surface area (TPSA) is 154 Å². The number of aromatic nitrogens is 4. The van der Waals surface area contributed by atoms with E-state index in [2.05, 4.69) is 93.2 Å². The Labute approximate surface area is 297 Å². The van der Waals surface area contributed by atoms with Crippen LogP contribution >= 0.6 is 0 Å². The number of aromatic amines is 2. The quantitative estimate of drug-likeness (QED) is 0.127. The largest absolute Gasteiger partial charge is 0.453 e. The second kappa shape index (κ2) is 12.3. The number of ether oxygens (including phenoxy) is 1. The Hall–Kier alpha value is -5.00. The number of carbonyl (C=O) groups excluding carboxylic acids is 2. The Bertz CT molecular complexity index is 2110. The van der Waals surface area contributed by atoms with Crippen molar-refractivity contribution in [2.75, 3.05) is 20.2 Å². The van der Waals surface area contributed by atoms with Crippen molar-refractivity contribution >= 4 is 22.8 Å². The van der Waals surface area contributed by atoms with Gasteiger partial charge in [0.05, 0.1) is 36.4 Å². The minimum absolute atomic E-state index is 0.101. The molecule has 264 valence electrons. The highest BCUT2D eigenvalue weighted by Crippen LogP contribution is 2.60. The van der Waals surface area contributed by atoms with Crippen molar-refractivity contribution in [3.63, 3.8) is 0 Å². The Morgan fingerprint density at radius 2 is 1.47 bits per heavy atom. The van der Waals surface area contributed by atoms with Gasteiger partial charge in [-0.1, -0.05) is 62.4 Å². The van der Waals surface area contributed by atoms with Gasteiger partial charge in [-0.15, -0.1) is 0 Å². The second-order valence-corrected chi connectivity index (χ2v) is 15.4. The van der Waals surface area contributed by atoms with Gasteiger partial charge in [-0.3, -0.25) is 10.1 Å². The van der Waals surface area contributed by atoms with E-state index in [0.29, 0.717) is 6.54 Å². The van der Waals surface area contributed by atoms with E-state index in [-0.39, 0.29) is 17.2 Å². The van der Waals surface area contributed by atoms with Crippen molar-refractivity contribution in [1.29, 1.82) is 0 Å². The monoisotopic (exact) mass is 686 g/mol. The molecular weight excluding hydrogens is 640 g/mol. The maximum atomic E-state index is 14.0. The van der Waals surface area contributed by atoms with Crippen molar-refractivity contribution < 1.29 is 14.3 Å². The van der Waals surface area contributed by atoms with Gasteiger partial charge < -0.3 is 30.7 Å². The lowest BCUT2D eigenvalue weighted by atomic mass is 9.91. The van der Waals surface area contributed by atoms with E-state index in [0.717, 1.165) is 94.7 Å². The lowest BCUT2D eigenvalue weighted by Crippen LogP contribution is -2.55. The molecule has 1 saturated carbocycles. The first-order chi connectivity index (χ1) is 24.5. The highest BCUT2D eigenvalue weighted by molar-refractivity contribution is 5.91. The van der Waals surface area contributed by atoms with Crippen LogP contribution in [-0.2, 0) is 20.7 Å². The van der Waals surface area contributed by atoms with Crippen LogP contribution < -0.4 is 16.4 Å². The van der Waals surface area contributed by atoms with Crippen LogP contribution in [-0.4, -0.2) is 63.1 Å². The molecule has 2 saturated heterocycles. The zero-order chi connectivity index (χ0) is 35.5. The Kier molecular flexibility index (Phi) is 8.03. The van der Waals surface area contributed by atoms with Gasteiger partial charge in [0.1, 0.15) is 23.4 Å². The average Bonchev–Trinajstić information content (AvgIpc) is 3.64. The van der Waals surface area contributed by atoms with Gasteiger partial charge in [0, 0.05) is 12.1 Å². The zero-order valence-corrected chi connectivity index (χ0v) is 29.7. The summed E-state index contributed by atoms with van der Waals surface area (Å²) in [5.74, 6) is 1.33. The van der Waals surface area contributed by atoms with Crippen molar-refractivity contribution in [2.45, 2.75) is 70.1 Å². The SMILES string of the molecule is COC(=O)N[C@H](C(=O)N1CC2(CC2)CC1(C)c1ncc(-c2ccc3cc(-c4ccc(-c5cnc(C6(N)CCCN6)[nH]5)cc4)ccc3c2)[nH]1)C(C)C. The van der Waals surface area contributed by atoms with Crippen LogP contribution in [0.15, 0.2) is 73.1 Å². The molecule has 5 aromatic rings. The third kappa shape index (κ3) is 5.98. The fourth-order valence-electron chi connectivity index (χ4n) is 8.14. The van der Waals surface area contributed by atoms with Crippen LogP contribution in [0.3, 0.4) is 0 Å². The molecule has 2 amide bonds. The van der Waals surface area contributed by atoms with Crippen LogP contribution in [0.25, 0.3) is 44.4 Å². The number of amides is 2. The number of imidazole rings is 2. The van der Waals surface area contributed by atoms with E-state index in [1.54, 1.807) is 0 Å². The van der Waals surface area contributed by atoms with Crippen LogP contribution in [0.5, 0.6) is 0 Å². The summed E-state index contributed by atoms with van der Waals surface area (Å²) < 4.78 is 4.83. The molecule has 1 aliphatic carbocycles. The number of fused-ring (bicyclic) bond motifs is 1. The van der Waals surface area contributed by atoms with E-state index in [9.17, 15) is 9.59 Å². The normalized spacial score (nSPS) is 22.9. The summed E-state index contributed by atoms with van der Waals surface area (Å²) in [7, 11) is 1.31. The van der Waals surface area contributed by atoms with Crippen LogP contribution in [0.4, 0.5) is 4.79 Å². The maximum absolute atomic E-state index is 14.0. The van der Waals surface area contributed by atoms with Gasteiger partial charge in [-0.25, -0.2) is 14.8 Å². The first kappa shape index (κ1) is 33.2. The number of hydrogen-bond donors (Lipinski definition) is 5. The molecule has 3 aromatic carbocycles. The molecule has 3 fully saturated rings. The molecule has 6 N–H and O–H groups in total. The van der Waals surface area contributed by atoms with Gasteiger partial charge in [0.2, 0.25) is 5.91 Å². The lowest BCUT2D eigenvalue weighted by molar-refractivity contribution is -0.138. The van der Waals surface area contributed by atoms with Gasteiger partial charge in [-0.2, -0.15) is 0 Å². The highest BCUT2D eigenvalue weighted by Gasteiger charge is 2.60. The van der Waals surface area contributed by atoms with Crippen LogP contribution in [0, 0.1) is 11.3 Å². The van der Waals surface area contributed by atoms with Gasteiger partial charge >= 0.3 is 6.09 Å². The first-order valence-electron chi connectivity index (χ1n) is 18.0. The van der Waals surface area contributed by atoms with Crippen molar-refractivity contribution in [3.8, 4) is 33.6 Å². The van der Waals surface area contributed by atoms with E-state index >= 15 is 0 Å². The fourth-order valence-corrected chi connectivity index (χ4v) is 8.14. The molecule has 8 rings (SSSR count). The van der Waals surface area contributed by atoms with Gasteiger partial charge in [-0.05, 0) is 96.5 Å². The number of nitrogens with zero attached hydrogens (tertiary/aromatic N) is 3. The van der Waals surface area contributed by atoms with E-state index in [4.69, 9.17) is 15.5 Å². The maximum Gasteiger partial charge on any atom is 0.407 e. The Morgan fingerprint density at radius 3 is 2.12 bits per heavy atom. The highest BCUT2D eigenvalue weighted by atomic mass is 16.5. The molecule has 2 unspecified atom stereocenters. The summed E-state index contributed by atoms with van der Waals surface area (Å²) in [6.45, 7) is 7.53. The van der Waals surface area contributed by atoms with Crippen LogP contribution in [0.2, 0.25) is 0 Å². The number of alkyl carbamates (subject to hydrolysis) is 1. The molecule has 4 heterocycles. The second-order valence-electron chi connectivity index (χ2n) is 15.4. The molecular formula is C40H46N8O3. The lowest BCUT2D eigenvalue weighted by Gasteiger charge is -2.36. The van der Waals surface area contributed by atoms with E-state index in [1.807, 2.05) is 31.1 Å². The number of benzene rings is 3. The van der Waals surface area contributed by atoms with E-state index < -0.39 is 23.3 Å². The summed E-state index contributed by atoms with van der Waals surface area (Å²) in [5, 5.41) is 8.40. The molecule has 11 heteroatoms. The Balaban J connectivity index is 1.01. The number of methoxy groups -OCH3 is 1. The predicted molar refractivity (Wildman–Crippen MR) is 197 cm³/mol. The fraction of sp³-hybridized carbons (Fsp3) is 0.400. The molecule has 11 nitrogen and oxygen atoms in total. The molecule has 3 aliphatic rings. The average molecular weight is 687 g/mol. The van der Waals surface area contributed by atoms with E-state index in [1.165, 1.54) is 7.11 Å². The molecule has 0 radical (unpaired) electrons. The molecule has 1 spiro atoms. The molecule has 51 heavy (non-hydrogen) atoms. The molecule has 2 aromatic heterocycles. The minimum Gasteiger partial charge on any atom is -0.453 e. The number of H-pyrrole nitrogens is 2. The smallest absolute Gasteiger partial charge is 0.407 e. The zero-order valence-electron chi connectivity index (χ0n) is 29.7. The minimum atomic E-state index is -0.689. The number of likely N-dealkylation sites (tertiary alicyclic amines) is 1. The van der Waals surface area contributed by atoms with Crippen molar-refractivity contribution in [3.05, 3.63) is 84.7 Å². The standard InChI is InChI=1S/C40H46N8O3/c1-24(2)33(47-37(50)51-4)34(49)48-23-39(15-16-39)22-38(48,3)35-42-21-32(45-35)30-13-12-28-18-27(10-11-29(28)19-30)25-6-8-26(9-7-25)31-20-43-36(46-31)40(41)14-5-17-44-40/h6-13,18-21,24,33,44H,5,14-17,22-23,41H2,1-4H3,(H,42,45)(H,43,46)(H,47,50)/t33-,38?,40?/m0/s1. The number of hydrogen-bond acceptors (Lipinski definition) is 7. The summed E-state index contributed by atoms with van der Waals surface area (Å²) >= 11 is 0. The number of nitrogens with one attached hydrogen (secondary N) is 4. The summed E-state index contributed by atoms with van der Waals surface area (Å²) in [6.07, 6.45) is 8.03. The summed E-state index contributed by atoms with van der Waals surface area (Å²) in [5.41, 5.74) is 11.6. The third-order valence-electron chi connectivity index (χ3n) is 11.4. The van der Waals surface area contributed by atoms with Gasteiger partial charge in [0.15, 0.2) is 0 Å². The summed E-state index contributed by atoms with van der Waals surface area (Å²) in [6, 6.07) is 20.8. The molecule has 0 bridgehead atoms. The first-order valence-corrected chi connectivity index (χ1v) is 18.0. The number of rotatable bonds is 8. The third-order valence-corrected chi connectivity index (χ3v) is 11.4. The van der Waals surface area contributed by atoms with Crippen molar-refractivity contribution in [1.82, 2.24) is 35.5 Å². The molecule has 2 aliphatic heterocycles.